The Bertz CT molecular complexity index is 2280. The molecule has 52 heavy (non-hydrogen) atoms. The van der Waals surface area contributed by atoms with Crippen LogP contribution in [0.1, 0.15) is 121 Å². The van der Waals surface area contributed by atoms with Gasteiger partial charge in [0.25, 0.3) is 0 Å². The summed E-state index contributed by atoms with van der Waals surface area (Å²) in [4.78, 5) is 4.85. The van der Waals surface area contributed by atoms with E-state index in [0.717, 1.165) is 39.0 Å². The molecule has 0 saturated heterocycles. The second-order valence-corrected chi connectivity index (χ2v) is 16.5. The summed E-state index contributed by atoms with van der Waals surface area (Å²) in [6.07, 6.45) is 5.56. The molecule has 0 spiro atoms. The number of hydrogen-bond acceptors (Lipinski definition) is 3. The first-order chi connectivity index (χ1) is 24.2. The Kier molecular flexibility index (Phi) is 10.5. The molecule has 3 aromatic carbocycles. The van der Waals surface area contributed by atoms with Crippen LogP contribution in [0.4, 0.5) is 0 Å². The molecule has 272 valence electrons. The molecule has 5 nitrogen and oxygen atoms in total. The monoisotopic (exact) mass is 871 g/mol. The molecule has 3 aromatic heterocycles. The molecule has 6 aromatic rings. The van der Waals surface area contributed by atoms with Gasteiger partial charge in [-0.05, 0) is 84.2 Å². The van der Waals surface area contributed by atoms with Gasteiger partial charge in [0, 0.05) is 40.4 Å². The Morgan fingerprint density at radius 3 is 2.31 bits per heavy atom. The van der Waals surface area contributed by atoms with Gasteiger partial charge in [0.2, 0.25) is 0 Å². The van der Waals surface area contributed by atoms with Crippen LogP contribution in [0.5, 0.6) is 11.5 Å². The van der Waals surface area contributed by atoms with E-state index in [1.807, 2.05) is 12.3 Å². The fourth-order valence-electron chi connectivity index (χ4n) is 8.33. The van der Waals surface area contributed by atoms with Gasteiger partial charge in [-0.1, -0.05) is 97.7 Å². The zero-order chi connectivity index (χ0) is 36.4. The molecule has 1 aliphatic carbocycles. The molecule has 0 bridgehead atoms. The van der Waals surface area contributed by atoms with E-state index in [1.165, 1.54) is 34.4 Å². The number of benzene rings is 3. The molecule has 7 rings (SSSR count). The Labute approximate surface area is 324 Å². The SMILES string of the molecule is CC1=C[C@H](C)C[C@H](C)C1c1c(C)nn(-c2[c-]c(Oc3[c-]c4c(cc3)c3ccccc3n4-c3cc(C(C)(C)C)ccn3)cc(C(C)C)c2)c1C(C)C.[Pt+2]. The molecule has 1 unspecified atom stereocenters. The quantitative estimate of drug-likeness (QED) is 0.119. The number of hydrogen-bond donors (Lipinski definition) is 0. The van der Waals surface area contributed by atoms with Gasteiger partial charge in [0.1, 0.15) is 5.82 Å². The minimum absolute atomic E-state index is 0. The fraction of sp³-hybridized carbons (Fsp3) is 0.391. The zero-order valence-electron chi connectivity index (χ0n) is 32.5. The van der Waals surface area contributed by atoms with Crippen molar-refractivity contribution < 1.29 is 25.8 Å². The number of fused-ring (bicyclic) bond motifs is 3. The maximum absolute atomic E-state index is 6.71. The minimum Gasteiger partial charge on any atom is -0.509 e. The molecule has 3 heterocycles. The third-order valence-electron chi connectivity index (χ3n) is 10.7. The van der Waals surface area contributed by atoms with Gasteiger partial charge in [-0.3, -0.25) is 4.68 Å². The number of para-hydroxylation sites is 1. The van der Waals surface area contributed by atoms with Crippen molar-refractivity contribution in [1.82, 2.24) is 19.3 Å². The van der Waals surface area contributed by atoms with Crippen molar-refractivity contribution in [3.05, 3.63) is 119 Å². The summed E-state index contributed by atoms with van der Waals surface area (Å²) in [5, 5.41) is 7.50. The summed E-state index contributed by atoms with van der Waals surface area (Å²) in [5.41, 5.74) is 10.5. The van der Waals surface area contributed by atoms with Crippen LogP contribution in [0.15, 0.2) is 78.5 Å². The number of ether oxygens (including phenoxy) is 1. The van der Waals surface area contributed by atoms with Gasteiger partial charge in [0.05, 0.1) is 5.69 Å². The third kappa shape index (κ3) is 6.94. The van der Waals surface area contributed by atoms with Crippen LogP contribution in [0.25, 0.3) is 33.3 Å². The summed E-state index contributed by atoms with van der Waals surface area (Å²) < 4.78 is 11.1. The second-order valence-electron chi connectivity index (χ2n) is 16.5. The van der Waals surface area contributed by atoms with Crippen LogP contribution in [-0.2, 0) is 26.5 Å². The molecule has 0 saturated carbocycles. The summed E-state index contributed by atoms with van der Waals surface area (Å²) in [6.45, 7) is 24.9. The molecule has 0 radical (unpaired) electrons. The standard InChI is InChI=1S/C46H52N4O.Pt/c1-27(2)33-22-35(50-45(28(3)4)44(32(8)48-50)43-30(6)20-29(5)21-31(43)7)25-37(23-33)51-36-16-17-39-38-14-12-13-15-40(38)49(41(39)26-36)42-24-34(18-19-47-42)46(9,10)11;/h12-20,22-24,27-29,31,43H,21H2,1-11H3;/q-2;+2/t29-,31-,43?;/m0./s1. The minimum atomic E-state index is -0.00448. The fourth-order valence-corrected chi connectivity index (χ4v) is 8.33. The van der Waals surface area contributed by atoms with Crippen molar-refractivity contribution in [3.63, 3.8) is 0 Å². The van der Waals surface area contributed by atoms with Gasteiger partial charge >= 0.3 is 21.1 Å². The number of aryl methyl sites for hydroxylation is 1. The summed E-state index contributed by atoms with van der Waals surface area (Å²) in [5.74, 6) is 4.25. The Balaban J connectivity index is 0.00000464. The average Bonchev–Trinajstić information content (AvgIpc) is 3.58. The maximum Gasteiger partial charge on any atom is 2.00 e. The first-order valence-electron chi connectivity index (χ1n) is 18.7. The van der Waals surface area contributed by atoms with Crippen LogP contribution < -0.4 is 4.74 Å². The van der Waals surface area contributed by atoms with E-state index in [9.17, 15) is 0 Å². The third-order valence-corrected chi connectivity index (χ3v) is 10.7. The van der Waals surface area contributed by atoms with Gasteiger partial charge in [0.15, 0.2) is 0 Å². The Morgan fingerprint density at radius 1 is 0.865 bits per heavy atom. The summed E-state index contributed by atoms with van der Waals surface area (Å²) in [6, 6.07) is 28.6. The number of pyridine rings is 1. The van der Waals surface area contributed by atoms with Gasteiger partial charge in [-0.15, -0.1) is 41.3 Å². The van der Waals surface area contributed by atoms with Crippen LogP contribution in [-0.4, -0.2) is 19.3 Å². The van der Waals surface area contributed by atoms with Gasteiger partial charge < -0.3 is 9.30 Å². The van der Waals surface area contributed by atoms with Crippen molar-refractivity contribution in [1.29, 1.82) is 0 Å². The second kappa shape index (κ2) is 14.5. The first kappa shape index (κ1) is 37.8. The van der Waals surface area contributed by atoms with Gasteiger partial charge in [-0.2, -0.15) is 11.2 Å². The van der Waals surface area contributed by atoms with E-state index in [0.29, 0.717) is 35.2 Å². The number of rotatable bonds is 7. The largest absolute Gasteiger partial charge is 2.00 e. The van der Waals surface area contributed by atoms with Gasteiger partial charge in [-0.25, -0.2) is 4.98 Å². The number of nitrogens with zero attached hydrogens (tertiary/aromatic N) is 4. The number of aromatic nitrogens is 4. The van der Waals surface area contributed by atoms with E-state index < -0.39 is 0 Å². The number of allylic oxidation sites excluding steroid dienone is 2. The van der Waals surface area contributed by atoms with Crippen molar-refractivity contribution in [2.45, 2.75) is 106 Å². The predicted octanol–water partition coefficient (Wildman–Crippen LogP) is 12.3. The van der Waals surface area contributed by atoms with Crippen LogP contribution in [0.2, 0.25) is 0 Å². The van der Waals surface area contributed by atoms with Crippen molar-refractivity contribution in [2.24, 2.45) is 11.8 Å². The van der Waals surface area contributed by atoms with Crippen LogP contribution in [0.3, 0.4) is 0 Å². The summed E-state index contributed by atoms with van der Waals surface area (Å²) >= 11 is 0. The van der Waals surface area contributed by atoms with Crippen molar-refractivity contribution in [3.8, 4) is 23.0 Å². The zero-order valence-corrected chi connectivity index (χ0v) is 34.8. The first-order valence-corrected chi connectivity index (χ1v) is 18.7. The maximum atomic E-state index is 6.71. The predicted molar refractivity (Wildman–Crippen MR) is 211 cm³/mol. The van der Waals surface area contributed by atoms with Crippen LogP contribution in [0, 0.1) is 30.9 Å². The molecular formula is C46H52N4OPt. The average molecular weight is 872 g/mol. The summed E-state index contributed by atoms with van der Waals surface area (Å²) in [7, 11) is 0. The molecule has 1 aliphatic rings. The molecule has 3 atom stereocenters. The van der Waals surface area contributed by atoms with E-state index in [-0.39, 0.29) is 32.4 Å². The molecular weight excluding hydrogens is 820 g/mol. The van der Waals surface area contributed by atoms with E-state index in [1.54, 1.807) is 0 Å². The van der Waals surface area contributed by atoms with Crippen molar-refractivity contribution in [2.75, 3.05) is 0 Å². The molecule has 6 heteroatoms. The van der Waals surface area contributed by atoms with E-state index >= 15 is 0 Å². The Hall–Kier alpha value is -3.95. The van der Waals surface area contributed by atoms with Crippen molar-refractivity contribution >= 4 is 21.8 Å². The smallest absolute Gasteiger partial charge is 0.509 e. The van der Waals surface area contributed by atoms with E-state index in [4.69, 9.17) is 14.8 Å². The topological polar surface area (TPSA) is 44.9 Å². The van der Waals surface area contributed by atoms with Crippen LogP contribution >= 0.6 is 0 Å². The molecule has 0 N–H and O–H groups in total. The molecule has 0 fully saturated rings. The van der Waals surface area contributed by atoms with E-state index in [2.05, 4.69) is 158 Å². The Morgan fingerprint density at radius 2 is 1.62 bits per heavy atom. The molecule has 0 amide bonds. The normalized spacial score (nSPS) is 17.9. The molecule has 0 aliphatic heterocycles.